The molecule has 0 radical (unpaired) electrons. The summed E-state index contributed by atoms with van der Waals surface area (Å²) in [5, 5.41) is 3.12. The first kappa shape index (κ1) is 10.2. The molecule has 4 nitrogen and oxygen atoms in total. The highest BCUT2D eigenvalue weighted by molar-refractivity contribution is 5.49. The Morgan fingerprint density at radius 2 is 2.13 bits per heavy atom. The van der Waals surface area contributed by atoms with Gasteiger partial charge in [-0.05, 0) is 31.9 Å². The number of pyridine rings is 1. The fourth-order valence-corrected chi connectivity index (χ4v) is 1.87. The molecule has 2 rings (SSSR count). The molecule has 0 bridgehead atoms. The SMILES string of the molecule is CC(N)Nc1ccc(N2CCCC2)nc1. The van der Waals surface area contributed by atoms with E-state index in [4.69, 9.17) is 5.73 Å². The van der Waals surface area contributed by atoms with Crippen LogP contribution in [0.3, 0.4) is 0 Å². The van der Waals surface area contributed by atoms with Crippen LogP contribution in [-0.4, -0.2) is 24.2 Å². The number of hydrogen-bond acceptors (Lipinski definition) is 4. The van der Waals surface area contributed by atoms with Crippen molar-refractivity contribution in [2.75, 3.05) is 23.3 Å². The van der Waals surface area contributed by atoms with Gasteiger partial charge in [0.25, 0.3) is 0 Å². The molecule has 1 unspecified atom stereocenters. The van der Waals surface area contributed by atoms with E-state index in [0.717, 1.165) is 24.6 Å². The molecule has 15 heavy (non-hydrogen) atoms. The molecule has 0 aliphatic carbocycles. The van der Waals surface area contributed by atoms with Crippen LogP contribution in [0.1, 0.15) is 19.8 Å². The molecular weight excluding hydrogens is 188 g/mol. The van der Waals surface area contributed by atoms with Gasteiger partial charge < -0.3 is 16.0 Å². The molecule has 4 heteroatoms. The average molecular weight is 206 g/mol. The third-order valence-corrected chi connectivity index (χ3v) is 2.57. The molecule has 1 aliphatic rings. The minimum Gasteiger partial charge on any atom is -0.369 e. The first-order valence-electron chi connectivity index (χ1n) is 5.49. The lowest BCUT2D eigenvalue weighted by atomic mass is 10.3. The van der Waals surface area contributed by atoms with Crippen molar-refractivity contribution in [1.29, 1.82) is 0 Å². The molecule has 0 aromatic carbocycles. The van der Waals surface area contributed by atoms with Crippen molar-refractivity contribution in [1.82, 2.24) is 4.98 Å². The maximum atomic E-state index is 5.64. The van der Waals surface area contributed by atoms with Crippen molar-refractivity contribution in [2.45, 2.75) is 25.9 Å². The van der Waals surface area contributed by atoms with Gasteiger partial charge in [0.1, 0.15) is 5.82 Å². The number of nitrogens with two attached hydrogens (primary N) is 1. The normalized spacial score (nSPS) is 17.9. The van der Waals surface area contributed by atoms with Gasteiger partial charge in [0.2, 0.25) is 0 Å². The second kappa shape index (κ2) is 4.49. The van der Waals surface area contributed by atoms with E-state index in [-0.39, 0.29) is 6.17 Å². The summed E-state index contributed by atoms with van der Waals surface area (Å²) in [5.74, 6) is 1.07. The van der Waals surface area contributed by atoms with Gasteiger partial charge in [-0.25, -0.2) is 4.98 Å². The molecule has 1 saturated heterocycles. The molecule has 1 aromatic rings. The minimum absolute atomic E-state index is 0.0376. The third kappa shape index (κ3) is 2.59. The van der Waals surface area contributed by atoms with Crippen LogP contribution < -0.4 is 16.0 Å². The smallest absolute Gasteiger partial charge is 0.128 e. The lowest BCUT2D eigenvalue weighted by Gasteiger charge is -2.17. The Balaban J connectivity index is 2.03. The zero-order chi connectivity index (χ0) is 10.7. The molecule has 2 heterocycles. The van der Waals surface area contributed by atoms with Crippen LogP contribution in [0, 0.1) is 0 Å². The second-order valence-corrected chi connectivity index (χ2v) is 4.03. The summed E-state index contributed by atoms with van der Waals surface area (Å²) in [6, 6.07) is 4.08. The summed E-state index contributed by atoms with van der Waals surface area (Å²) in [5.41, 5.74) is 6.61. The summed E-state index contributed by atoms with van der Waals surface area (Å²) in [6.07, 6.45) is 4.37. The Morgan fingerprint density at radius 1 is 1.40 bits per heavy atom. The molecule has 1 atom stereocenters. The average Bonchev–Trinajstić information content (AvgIpc) is 2.71. The Labute approximate surface area is 90.5 Å². The molecule has 1 aliphatic heterocycles. The van der Waals surface area contributed by atoms with Crippen LogP contribution in [-0.2, 0) is 0 Å². The van der Waals surface area contributed by atoms with Crippen molar-refractivity contribution in [3.63, 3.8) is 0 Å². The molecule has 1 fully saturated rings. The maximum Gasteiger partial charge on any atom is 0.128 e. The highest BCUT2D eigenvalue weighted by atomic mass is 15.2. The number of hydrogen-bond donors (Lipinski definition) is 2. The van der Waals surface area contributed by atoms with E-state index < -0.39 is 0 Å². The van der Waals surface area contributed by atoms with E-state index in [1.54, 1.807) is 0 Å². The van der Waals surface area contributed by atoms with Gasteiger partial charge in [-0.1, -0.05) is 0 Å². The van der Waals surface area contributed by atoms with Crippen LogP contribution >= 0.6 is 0 Å². The standard InChI is InChI=1S/C11H18N4/c1-9(12)14-10-4-5-11(13-8-10)15-6-2-3-7-15/h4-5,8-9,14H,2-3,6-7,12H2,1H3. The quantitative estimate of drug-likeness (QED) is 0.734. The summed E-state index contributed by atoms with van der Waals surface area (Å²) in [7, 11) is 0. The fourth-order valence-electron chi connectivity index (χ4n) is 1.87. The monoisotopic (exact) mass is 206 g/mol. The first-order chi connectivity index (χ1) is 7.25. The molecule has 3 N–H and O–H groups in total. The lowest BCUT2D eigenvalue weighted by Crippen LogP contribution is -2.25. The van der Waals surface area contributed by atoms with Gasteiger partial charge in [0.05, 0.1) is 18.1 Å². The molecule has 1 aromatic heterocycles. The summed E-state index contributed by atoms with van der Waals surface area (Å²) in [4.78, 5) is 6.74. The molecular formula is C11H18N4. The molecule has 82 valence electrons. The van der Waals surface area contributed by atoms with Crippen molar-refractivity contribution < 1.29 is 0 Å². The summed E-state index contributed by atoms with van der Waals surface area (Å²) >= 11 is 0. The number of anilines is 2. The molecule has 0 spiro atoms. The van der Waals surface area contributed by atoms with E-state index in [9.17, 15) is 0 Å². The number of nitrogens with zero attached hydrogens (tertiary/aromatic N) is 2. The van der Waals surface area contributed by atoms with Crippen molar-refractivity contribution in [2.24, 2.45) is 5.73 Å². The van der Waals surface area contributed by atoms with Crippen LogP contribution in [0.2, 0.25) is 0 Å². The predicted octanol–water partition coefficient (Wildman–Crippen LogP) is 1.40. The van der Waals surface area contributed by atoms with E-state index >= 15 is 0 Å². The van der Waals surface area contributed by atoms with Gasteiger partial charge >= 0.3 is 0 Å². The van der Waals surface area contributed by atoms with Crippen molar-refractivity contribution in [3.05, 3.63) is 18.3 Å². The van der Waals surface area contributed by atoms with Gasteiger partial charge in [-0.3, -0.25) is 0 Å². The molecule has 0 saturated carbocycles. The topological polar surface area (TPSA) is 54.2 Å². The van der Waals surface area contributed by atoms with Crippen LogP contribution in [0.15, 0.2) is 18.3 Å². The van der Waals surface area contributed by atoms with Gasteiger partial charge in [-0.15, -0.1) is 0 Å². The fraction of sp³-hybridized carbons (Fsp3) is 0.545. The summed E-state index contributed by atoms with van der Waals surface area (Å²) in [6.45, 7) is 4.18. The Kier molecular flexibility index (Phi) is 3.06. The first-order valence-corrected chi connectivity index (χ1v) is 5.49. The Morgan fingerprint density at radius 3 is 2.67 bits per heavy atom. The van der Waals surface area contributed by atoms with E-state index in [1.165, 1.54) is 12.8 Å². The number of rotatable bonds is 3. The van der Waals surface area contributed by atoms with Crippen LogP contribution in [0.4, 0.5) is 11.5 Å². The zero-order valence-electron chi connectivity index (χ0n) is 9.11. The van der Waals surface area contributed by atoms with Gasteiger partial charge in [-0.2, -0.15) is 0 Å². The summed E-state index contributed by atoms with van der Waals surface area (Å²) < 4.78 is 0. The highest BCUT2D eigenvalue weighted by Gasteiger charge is 2.12. The van der Waals surface area contributed by atoms with Crippen molar-refractivity contribution in [3.8, 4) is 0 Å². The predicted molar refractivity (Wildman–Crippen MR) is 63.0 cm³/mol. The van der Waals surface area contributed by atoms with Gasteiger partial charge in [0, 0.05) is 13.1 Å². The minimum atomic E-state index is -0.0376. The lowest BCUT2D eigenvalue weighted by molar-refractivity contribution is 0.849. The Bertz CT molecular complexity index is 301. The largest absolute Gasteiger partial charge is 0.369 e. The molecule has 0 amide bonds. The van der Waals surface area contributed by atoms with Crippen LogP contribution in [0.25, 0.3) is 0 Å². The van der Waals surface area contributed by atoms with E-state index in [1.807, 2.05) is 19.2 Å². The number of nitrogens with one attached hydrogen (secondary N) is 1. The van der Waals surface area contributed by atoms with E-state index in [0.29, 0.717) is 0 Å². The highest BCUT2D eigenvalue weighted by Crippen LogP contribution is 2.18. The maximum absolute atomic E-state index is 5.64. The van der Waals surface area contributed by atoms with Crippen LogP contribution in [0.5, 0.6) is 0 Å². The Hall–Kier alpha value is -1.29. The van der Waals surface area contributed by atoms with Gasteiger partial charge in [0.15, 0.2) is 0 Å². The second-order valence-electron chi connectivity index (χ2n) is 4.03. The zero-order valence-corrected chi connectivity index (χ0v) is 9.11. The van der Waals surface area contributed by atoms with E-state index in [2.05, 4.69) is 21.3 Å². The number of aromatic nitrogens is 1. The van der Waals surface area contributed by atoms with Crippen molar-refractivity contribution >= 4 is 11.5 Å². The third-order valence-electron chi connectivity index (χ3n) is 2.57.